The van der Waals surface area contributed by atoms with Crippen molar-refractivity contribution in [3.8, 4) is 5.75 Å². The third-order valence-electron chi connectivity index (χ3n) is 6.57. The lowest BCUT2D eigenvalue weighted by molar-refractivity contribution is 0.0915. The van der Waals surface area contributed by atoms with Crippen molar-refractivity contribution in [3.63, 3.8) is 0 Å². The Kier molecular flexibility index (Phi) is 8.61. The molecule has 216 valence electrons. The van der Waals surface area contributed by atoms with Crippen molar-refractivity contribution >= 4 is 44.7 Å². The lowest BCUT2D eigenvalue weighted by Crippen LogP contribution is -2.35. The number of benzene rings is 1. The van der Waals surface area contributed by atoms with E-state index < -0.39 is 33.8 Å². The van der Waals surface area contributed by atoms with Crippen molar-refractivity contribution in [2.24, 2.45) is 5.73 Å². The molecule has 0 spiro atoms. The summed E-state index contributed by atoms with van der Waals surface area (Å²) in [7, 11) is -1.60. The molecule has 0 unspecified atom stereocenters. The van der Waals surface area contributed by atoms with Crippen LogP contribution in [0.15, 0.2) is 18.2 Å². The van der Waals surface area contributed by atoms with Gasteiger partial charge in [0.2, 0.25) is 11.9 Å². The molecule has 0 atom stereocenters. The van der Waals surface area contributed by atoms with Crippen molar-refractivity contribution in [1.29, 1.82) is 0 Å². The number of methoxy groups -OCH3 is 1. The van der Waals surface area contributed by atoms with E-state index in [-0.39, 0.29) is 42.4 Å². The number of fused-ring (bicyclic) bond motifs is 1. The third kappa shape index (κ3) is 6.52. The van der Waals surface area contributed by atoms with Crippen LogP contribution in [0, 0.1) is 6.92 Å². The number of aryl methyl sites for hydroxylation is 3. The number of nitrogens with one attached hydrogen (secondary N) is 2. The highest BCUT2D eigenvalue weighted by atomic mass is 32.2. The summed E-state index contributed by atoms with van der Waals surface area (Å²) in [4.78, 5) is 41.8. The Morgan fingerprint density at radius 2 is 1.90 bits per heavy atom. The van der Waals surface area contributed by atoms with Crippen molar-refractivity contribution < 1.29 is 32.3 Å². The number of alkyl carbamates (subject to hydrolysis) is 1. The van der Waals surface area contributed by atoms with Crippen LogP contribution in [0.3, 0.4) is 0 Å². The number of hydrogen-bond donors (Lipinski definition) is 3. The van der Waals surface area contributed by atoms with Crippen LogP contribution in [-0.4, -0.2) is 76.9 Å². The fraction of sp³-hybridized carbons (Fsp3) is 0.480. The summed E-state index contributed by atoms with van der Waals surface area (Å²) in [6, 6.07) is 4.70. The molecule has 15 heteroatoms. The average Bonchev–Trinajstić information content (AvgIpc) is 3.46. The van der Waals surface area contributed by atoms with Gasteiger partial charge in [-0.2, -0.15) is 5.10 Å². The summed E-state index contributed by atoms with van der Waals surface area (Å²) in [6.45, 7) is 4.72. The zero-order chi connectivity index (χ0) is 29.0. The predicted molar refractivity (Wildman–Crippen MR) is 146 cm³/mol. The number of carbonyl (C=O) groups excluding carboxylic acids is 3. The van der Waals surface area contributed by atoms with E-state index in [4.69, 9.17) is 15.2 Å². The van der Waals surface area contributed by atoms with E-state index in [2.05, 4.69) is 20.7 Å². The van der Waals surface area contributed by atoms with Gasteiger partial charge in [0.25, 0.3) is 5.91 Å². The number of ether oxygens (including phenoxy) is 2. The van der Waals surface area contributed by atoms with Gasteiger partial charge in [-0.15, -0.1) is 0 Å². The highest BCUT2D eigenvalue weighted by Crippen LogP contribution is 2.31. The molecule has 1 fully saturated rings. The molecule has 0 bridgehead atoms. The molecule has 3 heterocycles. The molecule has 14 nitrogen and oxygen atoms in total. The average molecular weight is 576 g/mol. The molecule has 4 N–H and O–H groups in total. The van der Waals surface area contributed by atoms with E-state index in [1.54, 1.807) is 22.2 Å². The number of amides is 3. The fourth-order valence-electron chi connectivity index (χ4n) is 4.58. The Morgan fingerprint density at radius 3 is 2.55 bits per heavy atom. The SMILES string of the molecule is CCn1nc(C)cc1C(=O)Nc1nc2cc(C(N)=O)cc(OC)c2n1CCCNC(=O)OC1CCS(=O)(=O)CC1. The maximum Gasteiger partial charge on any atom is 0.407 e. The minimum atomic E-state index is -3.05. The van der Waals surface area contributed by atoms with Crippen LogP contribution >= 0.6 is 0 Å². The second-order valence-corrected chi connectivity index (χ2v) is 11.8. The van der Waals surface area contributed by atoms with Crippen LogP contribution in [0.1, 0.15) is 52.7 Å². The number of primary amides is 1. The van der Waals surface area contributed by atoms with E-state index in [9.17, 15) is 22.8 Å². The molecule has 4 rings (SSSR count). The van der Waals surface area contributed by atoms with Crippen LogP contribution in [-0.2, 0) is 27.7 Å². The minimum Gasteiger partial charge on any atom is -0.494 e. The highest BCUT2D eigenvalue weighted by molar-refractivity contribution is 7.91. The Labute approximate surface area is 231 Å². The third-order valence-corrected chi connectivity index (χ3v) is 8.29. The van der Waals surface area contributed by atoms with E-state index in [0.29, 0.717) is 47.7 Å². The molecule has 0 saturated carbocycles. The second-order valence-electron chi connectivity index (χ2n) is 9.48. The lowest BCUT2D eigenvalue weighted by atomic mass is 10.1. The molecule has 0 radical (unpaired) electrons. The van der Waals surface area contributed by atoms with Gasteiger partial charge in [0, 0.05) is 25.2 Å². The number of aromatic nitrogens is 4. The largest absolute Gasteiger partial charge is 0.494 e. The first kappa shape index (κ1) is 28.9. The first-order valence-electron chi connectivity index (χ1n) is 12.9. The van der Waals surface area contributed by atoms with Crippen LogP contribution in [0.4, 0.5) is 10.7 Å². The summed E-state index contributed by atoms with van der Waals surface area (Å²) in [6.07, 6.45) is -0.0749. The number of sulfone groups is 1. The van der Waals surface area contributed by atoms with E-state index in [1.165, 1.54) is 19.2 Å². The molecule has 1 aliphatic heterocycles. The molecule has 0 aliphatic carbocycles. The summed E-state index contributed by atoms with van der Waals surface area (Å²) >= 11 is 0. The summed E-state index contributed by atoms with van der Waals surface area (Å²) in [5.41, 5.74) is 7.67. The maximum absolute atomic E-state index is 13.2. The zero-order valence-electron chi connectivity index (χ0n) is 22.6. The number of imidazole rings is 1. The molecule has 2 aromatic heterocycles. The van der Waals surface area contributed by atoms with Crippen molar-refractivity contribution in [2.45, 2.75) is 52.3 Å². The Balaban J connectivity index is 1.51. The number of hydrogen-bond acceptors (Lipinski definition) is 9. The Morgan fingerprint density at radius 1 is 1.18 bits per heavy atom. The Bertz CT molecular complexity index is 1530. The van der Waals surface area contributed by atoms with Crippen molar-refractivity contribution in [3.05, 3.63) is 35.2 Å². The van der Waals surface area contributed by atoms with Gasteiger partial charge in [-0.25, -0.2) is 18.2 Å². The number of anilines is 1. The van der Waals surface area contributed by atoms with E-state index >= 15 is 0 Å². The lowest BCUT2D eigenvalue weighted by Gasteiger charge is -2.22. The second kappa shape index (κ2) is 11.9. The normalized spacial score (nSPS) is 15.1. The molecule has 3 aromatic rings. The topological polar surface area (TPSA) is 190 Å². The predicted octanol–water partition coefficient (Wildman–Crippen LogP) is 1.61. The zero-order valence-corrected chi connectivity index (χ0v) is 23.4. The minimum absolute atomic E-state index is 0.00502. The molecule has 40 heavy (non-hydrogen) atoms. The van der Waals surface area contributed by atoms with Gasteiger partial charge in [0.05, 0.1) is 29.8 Å². The summed E-state index contributed by atoms with van der Waals surface area (Å²) in [5, 5.41) is 9.83. The number of carbonyl (C=O) groups is 3. The summed E-state index contributed by atoms with van der Waals surface area (Å²) in [5.74, 6) is -0.498. The number of rotatable bonds is 10. The van der Waals surface area contributed by atoms with E-state index in [1.807, 2.05) is 6.92 Å². The molecule has 1 saturated heterocycles. The molecular formula is C25H33N7O7S. The first-order chi connectivity index (χ1) is 19.0. The van der Waals surface area contributed by atoms with Crippen LogP contribution in [0.2, 0.25) is 0 Å². The number of nitrogens with two attached hydrogens (primary N) is 1. The van der Waals surface area contributed by atoms with Crippen LogP contribution < -0.4 is 21.1 Å². The van der Waals surface area contributed by atoms with E-state index in [0.717, 1.165) is 0 Å². The van der Waals surface area contributed by atoms with Gasteiger partial charge < -0.3 is 25.1 Å². The smallest absolute Gasteiger partial charge is 0.407 e. The first-order valence-corrected chi connectivity index (χ1v) is 14.7. The standard InChI is InChI=1S/C25H33N7O7S/c1-4-32-19(12-15(2)30-32)23(34)29-24-28-18-13-16(22(26)33)14-20(38-3)21(18)31(24)9-5-8-27-25(35)39-17-6-10-40(36,37)11-7-17/h12-14,17H,4-11H2,1-3H3,(H2,26,33)(H,27,35)(H,28,29,34). The van der Waals surface area contributed by atoms with Gasteiger partial charge in [-0.05, 0) is 51.3 Å². The van der Waals surface area contributed by atoms with Crippen LogP contribution in [0.5, 0.6) is 5.75 Å². The fourth-order valence-corrected chi connectivity index (χ4v) is 6.03. The highest BCUT2D eigenvalue weighted by Gasteiger charge is 2.26. The molecule has 3 amide bonds. The maximum atomic E-state index is 13.2. The van der Waals surface area contributed by atoms with Gasteiger partial charge in [-0.3, -0.25) is 19.6 Å². The molecule has 1 aromatic carbocycles. The van der Waals surface area contributed by atoms with Gasteiger partial charge in [0.15, 0.2) is 9.84 Å². The summed E-state index contributed by atoms with van der Waals surface area (Å²) < 4.78 is 37.3. The van der Waals surface area contributed by atoms with Crippen LogP contribution in [0.25, 0.3) is 11.0 Å². The van der Waals surface area contributed by atoms with Gasteiger partial charge in [-0.1, -0.05) is 0 Å². The quantitative estimate of drug-likeness (QED) is 0.302. The Hall–Kier alpha value is -4.14. The molecular weight excluding hydrogens is 542 g/mol. The molecule has 1 aliphatic rings. The number of nitrogens with zero attached hydrogens (tertiary/aromatic N) is 4. The van der Waals surface area contributed by atoms with Gasteiger partial charge in [0.1, 0.15) is 23.1 Å². The van der Waals surface area contributed by atoms with Crippen molar-refractivity contribution in [1.82, 2.24) is 24.6 Å². The monoisotopic (exact) mass is 575 g/mol. The van der Waals surface area contributed by atoms with Crippen molar-refractivity contribution in [2.75, 3.05) is 30.5 Å². The van der Waals surface area contributed by atoms with Gasteiger partial charge >= 0.3 is 6.09 Å².